The van der Waals surface area contributed by atoms with Gasteiger partial charge in [-0.25, -0.2) is 18.7 Å². The molecule has 1 aliphatic carbocycles. The topological polar surface area (TPSA) is 106 Å². The van der Waals surface area contributed by atoms with Crippen molar-refractivity contribution < 1.29 is 18.6 Å². The molecule has 32 heavy (non-hydrogen) atoms. The lowest BCUT2D eigenvalue weighted by Crippen LogP contribution is -2.55. The van der Waals surface area contributed by atoms with Gasteiger partial charge in [-0.2, -0.15) is 5.26 Å². The Morgan fingerprint density at radius 1 is 1.31 bits per heavy atom. The average molecular weight is 443 g/mol. The maximum atomic E-state index is 13.5. The van der Waals surface area contributed by atoms with Crippen molar-refractivity contribution in [2.45, 2.75) is 31.3 Å². The van der Waals surface area contributed by atoms with Gasteiger partial charge in [0.05, 0.1) is 28.7 Å². The number of H-pyrrole nitrogens is 1. The van der Waals surface area contributed by atoms with Crippen molar-refractivity contribution in [1.29, 1.82) is 5.26 Å². The standard InChI is InChI=1S/C21H23F2N7O2/c1-28-11-14(26-12-28)18-13(10-24)17-15(3-5-25-19(17)27-18)29-6-8-30(9-7-29)20(31)32-16-2-4-21(16,22)23/h3,5,11-12,16,20,31H,2,4,6-9H2,1H3,(H,25,27)/t16-,20?/m0/s1. The van der Waals surface area contributed by atoms with E-state index in [4.69, 9.17) is 4.74 Å². The first-order valence-corrected chi connectivity index (χ1v) is 10.5. The van der Waals surface area contributed by atoms with Crippen molar-refractivity contribution in [3.8, 4) is 17.5 Å². The number of pyridine rings is 1. The van der Waals surface area contributed by atoms with Crippen LogP contribution in [0.4, 0.5) is 14.5 Å². The van der Waals surface area contributed by atoms with Crippen molar-refractivity contribution in [1.82, 2.24) is 24.4 Å². The summed E-state index contributed by atoms with van der Waals surface area (Å²) in [5, 5.41) is 20.9. The summed E-state index contributed by atoms with van der Waals surface area (Å²) in [5.41, 5.74) is 3.20. The number of fused-ring (bicyclic) bond motifs is 1. The highest BCUT2D eigenvalue weighted by molar-refractivity contribution is 5.99. The van der Waals surface area contributed by atoms with Gasteiger partial charge in [-0.3, -0.25) is 4.90 Å². The van der Waals surface area contributed by atoms with Crippen molar-refractivity contribution in [2.24, 2.45) is 7.05 Å². The molecule has 168 valence electrons. The number of aromatic nitrogens is 4. The molecule has 0 bridgehead atoms. The third kappa shape index (κ3) is 3.50. The summed E-state index contributed by atoms with van der Waals surface area (Å²) < 4.78 is 33.9. The number of halogens is 2. The summed E-state index contributed by atoms with van der Waals surface area (Å²) in [6.45, 7) is 1.94. The van der Waals surface area contributed by atoms with E-state index in [-0.39, 0.29) is 12.8 Å². The van der Waals surface area contributed by atoms with Gasteiger partial charge >= 0.3 is 0 Å². The summed E-state index contributed by atoms with van der Waals surface area (Å²) in [4.78, 5) is 15.7. The van der Waals surface area contributed by atoms with Crippen LogP contribution in [0, 0.1) is 11.3 Å². The zero-order chi connectivity index (χ0) is 22.5. The van der Waals surface area contributed by atoms with E-state index >= 15 is 0 Å². The van der Waals surface area contributed by atoms with Crippen LogP contribution in [0.1, 0.15) is 18.4 Å². The van der Waals surface area contributed by atoms with E-state index in [1.54, 1.807) is 17.4 Å². The highest BCUT2D eigenvalue weighted by atomic mass is 19.3. The van der Waals surface area contributed by atoms with Gasteiger partial charge in [0, 0.05) is 52.0 Å². The fourth-order valence-corrected chi connectivity index (χ4v) is 4.27. The number of aliphatic hydroxyl groups excluding tert-OH is 1. The molecule has 11 heteroatoms. The first kappa shape index (κ1) is 20.8. The third-order valence-electron chi connectivity index (χ3n) is 6.21. The Kier molecular flexibility index (Phi) is 5.08. The minimum absolute atomic E-state index is 0.200. The Balaban J connectivity index is 1.36. The number of aliphatic hydroxyl groups is 1. The number of nitrogens with one attached hydrogen (secondary N) is 1. The molecule has 1 saturated carbocycles. The third-order valence-corrected chi connectivity index (χ3v) is 6.21. The number of alkyl halides is 2. The van der Waals surface area contributed by atoms with Crippen LogP contribution in [0.2, 0.25) is 0 Å². The van der Waals surface area contributed by atoms with Crippen LogP contribution in [-0.4, -0.2) is 74.1 Å². The smallest absolute Gasteiger partial charge is 0.274 e. The first-order valence-electron chi connectivity index (χ1n) is 10.5. The summed E-state index contributed by atoms with van der Waals surface area (Å²) in [6, 6.07) is 4.14. The Morgan fingerprint density at radius 2 is 2.09 bits per heavy atom. The number of aromatic amines is 1. The number of nitrogens with zero attached hydrogens (tertiary/aromatic N) is 6. The van der Waals surface area contributed by atoms with Gasteiger partial charge in [-0.15, -0.1) is 0 Å². The zero-order valence-corrected chi connectivity index (χ0v) is 17.5. The van der Waals surface area contributed by atoms with E-state index in [9.17, 15) is 19.1 Å². The normalized spacial score (nSPS) is 22.0. The monoisotopic (exact) mass is 443 g/mol. The molecule has 1 unspecified atom stereocenters. The molecular formula is C21H23F2N7O2. The summed E-state index contributed by atoms with van der Waals surface area (Å²) in [5.74, 6) is -2.86. The van der Waals surface area contributed by atoms with Gasteiger partial charge in [0.2, 0.25) is 6.41 Å². The number of aryl methyl sites for hydroxylation is 1. The van der Waals surface area contributed by atoms with Crippen molar-refractivity contribution in [2.75, 3.05) is 31.1 Å². The van der Waals surface area contributed by atoms with Crippen molar-refractivity contribution >= 4 is 16.7 Å². The van der Waals surface area contributed by atoms with Crippen molar-refractivity contribution in [3.05, 3.63) is 30.4 Å². The second-order valence-electron chi connectivity index (χ2n) is 8.24. The molecular weight excluding hydrogens is 420 g/mol. The first-order chi connectivity index (χ1) is 15.4. The van der Waals surface area contributed by atoms with Gasteiger partial charge < -0.3 is 24.3 Å². The number of imidazole rings is 1. The van der Waals surface area contributed by atoms with Crippen molar-refractivity contribution in [3.63, 3.8) is 0 Å². The Labute approximate surface area is 182 Å². The molecule has 1 aliphatic heterocycles. The molecule has 4 heterocycles. The minimum atomic E-state index is -2.86. The molecule has 3 aromatic heterocycles. The quantitative estimate of drug-likeness (QED) is 0.582. The molecule has 9 nitrogen and oxygen atoms in total. The van der Waals surface area contributed by atoms with Crippen LogP contribution in [0.3, 0.4) is 0 Å². The van der Waals surface area contributed by atoms with Crippen LogP contribution in [0.15, 0.2) is 24.8 Å². The van der Waals surface area contributed by atoms with Crippen LogP contribution in [-0.2, 0) is 11.8 Å². The van der Waals surface area contributed by atoms with Gasteiger partial charge in [0.25, 0.3) is 5.92 Å². The molecule has 0 amide bonds. The van der Waals surface area contributed by atoms with E-state index in [0.717, 1.165) is 11.1 Å². The molecule has 2 atom stereocenters. The van der Waals surface area contributed by atoms with Gasteiger partial charge in [0.15, 0.2) is 0 Å². The highest BCUT2D eigenvalue weighted by Gasteiger charge is 2.50. The Bertz CT molecular complexity index is 1180. The predicted octanol–water partition coefficient (Wildman–Crippen LogP) is 2.05. The molecule has 3 aromatic rings. The number of piperazine rings is 1. The summed E-state index contributed by atoms with van der Waals surface area (Å²) >= 11 is 0. The molecule has 2 aliphatic rings. The lowest BCUT2D eigenvalue weighted by Gasteiger charge is -2.42. The molecule has 1 saturated heterocycles. The molecule has 0 radical (unpaired) electrons. The average Bonchev–Trinajstić information content (AvgIpc) is 3.39. The number of ether oxygens (including phenoxy) is 1. The Hall–Kier alpha value is -3.07. The largest absolute Gasteiger partial charge is 0.368 e. The molecule has 0 aromatic carbocycles. The maximum absolute atomic E-state index is 13.5. The number of hydrogen-bond donors (Lipinski definition) is 2. The molecule has 2 N–H and O–H groups in total. The number of anilines is 1. The van der Waals surface area contributed by atoms with E-state index in [1.165, 1.54) is 0 Å². The maximum Gasteiger partial charge on any atom is 0.274 e. The fraction of sp³-hybridized carbons (Fsp3) is 0.476. The zero-order valence-electron chi connectivity index (χ0n) is 17.5. The SMILES string of the molecule is Cn1cnc(-c2[nH]c3nccc(N4CCN(C(O)O[C@H]5CCC5(F)F)CC4)c3c2C#N)c1. The van der Waals surface area contributed by atoms with E-state index in [1.807, 2.05) is 23.9 Å². The second kappa shape index (κ2) is 7.81. The van der Waals surface area contributed by atoms with E-state index < -0.39 is 18.4 Å². The minimum Gasteiger partial charge on any atom is -0.368 e. The van der Waals surface area contributed by atoms with Crippen LogP contribution >= 0.6 is 0 Å². The van der Waals surface area contributed by atoms with E-state index in [2.05, 4.69) is 25.9 Å². The highest BCUT2D eigenvalue weighted by Crippen LogP contribution is 2.40. The van der Waals surface area contributed by atoms with Crippen LogP contribution in [0.25, 0.3) is 22.4 Å². The van der Waals surface area contributed by atoms with Crippen LogP contribution in [0.5, 0.6) is 0 Å². The van der Waals surface area contributed by atoms with E-state index in [0.29, 0.717) is 48.8 Å². The molecule has 5 rings (SSSR count). The summed E-state index contributed by atoms with van der Waals surface area (Å²) in [7, 11) is 1.86. The van der Waals surface area contributed by atoms with Gasteiger partial charge in [-0.1, -0.05) is 0 Å². The lowest BCUT2D eigenvalue weighted by atomic mass is 9.91. The van der Waals surface area contributed by atoms with Gasteiger partial charge in [-0.05, 0) is 12.5 Å². The predicted molar refractivity (Wildman–Crippen MR) is 112 cm³/mol. The second-order valence-corrected chi connectivity index (χ2v) is 8.24. The summed E-state index contributed by atoms with van der Waals surface area (Å²) in [6.07, 6.45) is 2.65. The molecule has 0 spiro atoms. The molecule has 2 fully saturated rings. The number of hydrogen-bond acceptors (Lipinski definition) is 7. The lowest BCUT2D eigenvalue weighted by molar-refractivity contribution is -0.292. The number of rotatable bonds is 5. The number of nitriles is 1. The van der Waals surface area contributed by atoms with Gasteiger partial charge in [0.1, 0.15) is 23.5 Å². The fourth-order valence-electron chi connectivity index (χ4n) is 4.27. The van der Waals surface area contributed by atoms with Crippen LogP contribution < -0.4 is 4.90 Å². The Morgan fingerprint density at radius 3 is 2.69 bits per heavy atom.